The van der Waals surface area contributed by atoms with Crippen molar-refractivity contribution < 1.29 is 30.7 Å². The van der Waals surface area contributed by atoms with E-state index in [-0.39, 0.29) is 0 Å². The predicted octanol–water partition coefficient (Wildman–Crippen LogP) is 1.49. The Balaban J connectivity index is 5.45. The molecule has 0 aromatic heterocycles. The van der Waals surface area contributed by atoms with Gasteiger partial charge in [0.1, 0.15) is 0 Å². The summed E-state index contributed by atoms with van der Waals surface area (Å²) in [5, 5.41) is -2.03. The van der Waals surface area contributed by atoms with Crippen LogP contribution in [0.3, 0.4) is 0 Å². The standard InChI is InChI=1S/C6H7F5N2O2S/c1-3(5(7,8)9)4(13-12-2)6(10,11)16(14)15/h12H,1H2,2H3,(H,14,15)/b13-4+. The highest BCUT2D eigenvalue weighted by Gasteiger charge is 2.51. The summed E-state index contributed by atoms with van der Waals surface area (Å²) in [5.74, 6) is 0. The van der Waals surface area contributed by atoms with Crippen molar-refractivity contribution in [1.82, 2.24) is 5.43 Å². The van der Waals surface area contributed by atoms with Crippen LogP contribution >= 0.6 is 0 Å². The fourth-order valence-electron chi connectivity index (χ4n) is 0.637. The molecule has 0 aliphatic rings. The van der Waals surface area contributed by atoms with E-state index in [1.165, 1.54) is 0 Å². The summed E-state index contributed by atoms with van der Waals surface area (Å²) < 4.78 is 80.5. The molecule has 16 heavy (non-hydrogen) atoms. The largest absolute Gasteiger partial charge is 0.417 e. The van der Waals surface area contributed by atoms with Crippen molar-refractivity contribution in [3.63, 3.8) is 0 Å². The van der Waals surface area contributed by atoms with Gasteiger partial charge in [0, 0.05) is 7.05 Å². The van der Waals surface area contributed by atoms with E-state index in [2.05, 4.69) is 11.7 Å². The van der Waals surface area contributed by atoms with Crippen LogP contribution in [-0.4, -0.2) is 33.0 Å². The summed E-state index contributed by atoms with van der Waals surface area (Å²) in [5.41, 5.74) is -2.24. The molecule has 94 valence electrons. The second-order valence-electron chi connectivity index (χ2n) is 2.43. The van der Waals surface area contributed by atoms with E-state index < -0.39 is 33.8 Å². The third-order valence-electron chi connectivity index (χ3n) is 1.35. The number of hydrogen-bond donors (Lipinski definition) is 2. The number of allylic oxidation sites excluding steroid dienone is 1. The second kappa shape index (κ2) is 4.87. The summed E-state index contributed by atoms with van der Waals surface area (Å²) in [6.07, 6.45) is -5.17. The average Bonchev–Trinajstić information content (AvgIpc) is 2.11. The zero-order valence-electron chi connectivity index (χ0n) is 7.81. The average molecular weight is 266 g/mol. The normalized spacial score (nSPS) is 15.8. The lowest BCUT2D eigenvalue weighted by Gasteiger charge is -2.18. The van der Waals surface area contributed by atoms with Gasteiger partial charge >= 0.3 is 11.4 Å². The van der Waals surface area contributed by atoms with Crippen LogP contribution in [0.4, 0.5) is 22.0 Å². The molecule has 0 aliphatic carbocycles. The van der Waals surface area contributed by atoms with Crippen LogP contribution < -0.4 is 5.43 Å². The Kier molecular flexibility index (Phi) is 4.56. The van der Waals surface area contributed by atoms with Gasteiger partial charge in [-0.05, 0) is 0 Å². The molecule has 0 aliphatic heterocycles. The van der Waals surface area contributed by atoms with E-state index in [1.54, 1.807) is 5.43 Å². The van der Waals surface area contributed by atoms with Gasteiger partial charge in [-0.15, -0.1) is 0 Å². The van der Waals surface area contributed by atoms with Crippen molar-refractivity contribution in [1.29, 1.82) is 0 Å². The fraction of sp³-hybridized carbons (Fsp3) is 0.500. The van der Waals surface area contributed by atoms with Gasteiger partial charge in [0.25, 0.3) is 0 Å². The van der Waals surface area contributed by atoms with Crippen LogP contribution in [0.25, 0.3) is 0 Å². The van der Waals surface area contributed by atoms with E-state index in [4.69, 9.17) is 4.55 Å². The maximum atomic E-state index is 12.9. The summed E-state index contributed by atoms with van der Waals surface area (Å²) in [6.45, 7) is 2.37. The lowest BCUT2D eigenvalue weighted by molar-refractivity contribution is -0.0869. The van der Waals surface area contributed by atoms with Crippen LogP contribution in [0.1, 0.15) is 0 Å². The molecule has 0 saturated carbocycles. The van der Waals surface area contributed by atoms with Crippen LogP contribution in [0.15, 0.2) is 17.3 Å². The van der Waals surface area contributed by atoms with Gasteiger partial charge in [-0.1, -0.05) is 6.58 Å². The van der Waals surface area contributed by atoms with Crippen molar-refractivity contribution in [3.8, 4) is 0 Å². The van der Waals surface area contributed by atoms with E-state index in [0.717, 1.165) is 7.05 Å². The minimum Gasteiger partial charge on any atom is -0.313 e. The maximum absolute atomic E-state index is 12.9. The molecule has 0 fully saturated rings. The van der Waals surface area contributed by atoms with Crippen molar-refractivity contribution in [3.05, 3.63) is 12.2 Å². The van der Waals surface area contributed by atoms with Crippen molar-refractivity contribution in [2.75, 3.05) is 7.05 Å². The molecule has 10 heteroatoms. The lowest BCUT2D eigenvalue weighted by Crippen LogP contribution is -2.39. The Morgan fingerprint density at radius 1 is 1.38 bits per heavy atom. The van der Waals surface area contributed by atoms with Gasteiger partial charge in [-0.2, -0.15) is 27.1 Å². The Labute approximate surface area is 89.5 Å². The maximum Gasteiger partial charge on any atom is 0.417 e. The predicted molar refractivity (Wildman–Crippen MR) is 47.4 cm³/mol. The topological polar surface area (TPSA) is 61.7 Å². The third-order valence-corrected chi connectivity index (χ3v) is 1.98. The molecular weight excluding hydrogens is 259 g/mol. The first-order valence-electron chi connectivity index (χ1n) is 3.55. The van der Waals surface area contributed by atoms with Crippen LogP contribution in [0, 0.1) is 0 Å². The van der Waals surface area contributed by atoms with E-state index >= 15 is 0 Å². The number of halogens is 5. The molecular formula is C6H7F5N2O2S. The molecule has 0 amide bonds. The highest BCUT2D eigenvalue weighted by molar-refractivity contribution is 7.81. The Morgan fingerprint density at radius 3 is 2.06 bits per heavy atom. The molecule has 0 aromatic rings. The molecule has 0 spiro atoms. The Morgan fingerprint density at radius 2 is 1.81 bits per heavy atom. The first-order chi connectivity index (χ1) is 7.05. The first kappa shape index (κ1) is 15.0. The van der Waals surface area contributed by atoms with E-state index in [1.807, 2.05) is 0 Å². The summed E-state index contributed by atoms with van der Waals surface area (Å²) in [4.78, 5) is 0. The number of hydrogen-bond acceptors (Lipinski definition) is 3. The molecule has 0 heterocycles. The van der Waals surface area contributed by atoms with Gasteiger partial charge < -0.3 is 9.98 Å². The number of hydrazone groups is 1. The van der Waals surface area contributed by atoms with Crippen molar-refractivity contribution in [2.45, 2.75) is 11.4 Å². The molecule has 0 aromatic carbocycles. The molecule has 0 rings (SSSR count). The Bertz CT molecular complexity index is 338. The highest BCUT2D eigenvalue weighted by atomic mass is 32.2. The fourth-order valence-corrected chi connectivity index (χ4v) is 0.971. The summed E-state index contributed by atoms with van der Waals surface area (Å²) in [6, 6.07) is 0. The van der Waals surface area contributed by atoms with Crippen LogP contribution in [-0.2, 0) is 11.1 Å². The summed E-state index contributed by atoms with van der Waals surface area (Å²) in [7, 11) is 0.958. The number of alkyl halides is 5. The lowest BCUT2D eigenvalue weighted by atomic mass is 10.2. The smallest absolute Gasteiger partial charge is 0.313 e. The number of nitrogens with one attached hydrogen (secondary N) is 1. The van der Waals surface area contributed by atoms with Gasteiger partial charge in [0.2, 0.25) is 11.1 Å². The molecule has 4 nitrogen and oxygen atoms in total. The zero-order chi connectivity index (χ0) is 13.1. The molecule has 0 bridgehead atoms. The SMILES string of the molecule is C=C(/C(=N\NC)C(F)(F)S(=O)O)C(F)(F)F. The number of nitrogens with zero attached hydrogens (tertiary/aromatic N) is 1. The van der Waals surface area contributed by atoms with E-state index in [9.17, 15) is 26.2 Å². The molecule has 1 unspecified atom stereocenters. The number of rotatable bonds is 4. The minimum absolute atomic E-state index is 0.958. The first-order valence-corrected chi connectivity index (χ1v) is 4.66. The highest BCUT2D eigenvalue weighted by Crippen LogP contribution is 2.32. The van der Waals surface area contributed by atoms with Crippen LogP contribution in [0.2, 0.25) is 0 Å². The second-order valence-corrected chi connectivity index (χ2v) is 3.44. The minimum atomic E-state index is -5.17. The van der Waals surface area contributed by atoms with Gasteiger partial charge in [0.15, 0.2) is 5.71 Å². The monoisotopic (exact) mass is 266 g/mol. The molecule has 1 atom stereocenters. The third kappa shape index (κ3) is 3.23. The van der Waals surface area contributed by atoms with Gasteiger partial charge in [0.05, 0.1) is 5.57 Å². The molecule has 0 saturated heterocycles. The molecule has 2 N–H and O–H groups in total. The quantitative estimate of drug-likeness (QED) is 0.351. The van der Waals surface area contributed by atoms with Gasteiger partial charge in [-0.25, -0.2) is 4.21 Å². The summed E-state index contributed by atoms with van der Waals surface area (Å²) >= 11 is -3.83. The van der Waals surface area contributed by atoms with Crippen molar-refractivity contribution >= 4 is 16.8 Å². The van der Waals surface area contributed by atoms with Crippen LogP contribution in [0.5, 0.6) is 0 Å². The Hall–Kier alpha value is -1.03. The molecule has 0 radical (unpaired) electrons. The van der Waals surface area contributed by atoms with E-state index in [0.29, 0.717) is 0 Å². The van der Waals surface area contributed by atoms with Gasteiger partial charge in [-0.3, -0.25) is 0 Å². The zero-order valence-corrected chi connectivity index (χ0v) is 8.62. The van der Waals surface area contributed by atoms with Crippen molar-refractivity contribution in [2.24, 2.45) is 5.10 Å².